The van der Waals surface area contributed by atoms with Gasteiger partial charge in [0.05, 0.1) is 7.11 Å². The van der Waals surface area contributed by atoms with Gasteiger partial charge in [0.15, 0.2) is 0 Å². The molecule has 0 saturated heterocycles. The van der Waals surface area contributed by atoms with Gasteiger partial charge in [-0.05, 0) is 56.4 Å². The standard InChI is InChI=1S/C17H23NO2/c1-17(2,11-12-18-3)16-10-9-15(20-16)13-5-7-14(19-4)8-6-13/h5-10,18H,11-12H2,1-4H3. The quantitative estimate of drug-likeness (QED) is 0.868. The van der Waals surface area contributed by atoms with Crippen LogP contribution in [0.3, 0.4) is 0 Å². The maximum Gasteiger partial charge on any atom is 0.134 e. The highest BCUT2D eigenvalue weighted by molar-refractivity contribution is 5.58. The third-order valence-corrected chi connectivity index (χ3v) is 3.65. The predicted molar refractivity (Wildman–Crippen MR) is 82.3 cm³/mol. The highest BCUT2D eigenvalue weighted by Crippen LogP contribution is 2.32. The fourth-order valence-corrected chi connectivity index (χ4v) is 2.17. The van der Waals surface area contributed by atoms with Crippen LogP contribution in [0.2, 0.25) is 0 Å². The number of hydrogen-bond donors (Lipinski definition) is 1. The van der Waals surface area contributed by atoms with Crippen LogP contribution in [0.15, 0.2) is 40.8 Å². The molecule has 0 amide bonds. The molecule has 0 fully saturated rings. The van der Waals surface area contributed by atoms with Crippen LogP contribution in [0.5, 0.6) is 5.75 Å². The van der Waals surface area contributed by atoms with Gasteiger partial charge in [0.1, 0.15) is 17.3 Å². The first kappa shape index (κ1) is 14.7. The largest absolute Gasteiger partial charge is 0.497 e. The van der Waals surface area contributed by atoms with E-state index in [1.165, 1.54) is 0 Å². The van der Waals surface area contributed by atoms with E-state index in [-0.39, 0.29) is 5.41 Å². The van der Waals surface area contributed by atoms with E-state index in [4.69, 9.17) is 9.15 Å². The van der Waals surface area contributed by atoms with Gasteiger partial charge in [-0.1, -0.05) is 13.8 Å². The van der Waals surface area contributed by atoms with Crippen LogP contribution in [0, 0.1) is 0 Å². The summed E-state index contributed by atoms with van der Waals surface area (Å²) in [7, 11) is 3.64. The highest BCUT2D eigenvalue weighted by Gasteiger charge is 2.24. The fraction of sp³-hybridized carbons (Fsp3) is 0.412. The first-order valence-corrected chi connectivity index (χ1v) is 6.96. The van der Waals surface area contributed by atoms with Crippen LogP contribution >= 0.6 is 0 Å². The molecule has 1 aromatic heterocycles. The van der Waals surface area contributed by atoms with Gasteiger partial charge in [0.2, 0.25) is 0 Å². The molecule has 3 nitrogen and oxygen atoms in total. The molecule has 2 rings (SSSR count). The molecule has 0 radical (unpaired) electrons. The van der Waals surface area contributed by atoms with E-state index in [1.54, 1.807) is 7.11 Å². The predicted octanol–water partition coefficient (Wildman–Crippen LogP) is 3.84. The summed E-state index contributed by atoms with van der Waals surface area (Å²) in [6.45, 7) is 5.40. The molecule has 0 atom stereocenters. The number of ether oxygens (including phenoxy) is 1. The molecule has 0 aliphatic heterocycles. The number of nitrogens with one attached hydrogen (secondary N) is 1. The van der Waals surface area contributed by atoms with Gasteiger partial charge in [-0.2, -0.15) is 0 Å². The topological polar surface area (TPSA) is 34.4 Å². The minimum atomic E-state index is 0.0354. The normalized spacial score (nSPS) is 11.6. The van der Waals surface area contributed by atoms with Gasteiger partial charge in [0.25, 0.3) is 0 Å². The lowest BCUT2D eigenvalue weighted by Crippen LogP contribution is -2.22. The maximum atomic E-state index is 6.04. The van der Waals surface area contributed by atoms with Crippen LogP contribution in [0.1, 0.15) is 26.0 Å². The average Bonchev–Trinajstić information content (AvgIpc) is 2.96. The molecule has 1 aromatic carbocycles. The first-order chi connectivity index (χ1) is 9.56. The molecule has 0 aliphatic rings. The van der Waals surface area contributed by atoms with E-state index in [0.717, 1.165) is 35.8 Å². The Bertz CT molecular complexity index is 540. The Kier molecular flexibility index (Phi) is 4.50. The Balaban J connectivity index is 2.19. The Hall–Kier alpha value is -1.74. The first-order valence-electron chi connectivity index (χ1n) is 6.96. The zero-order valence-electron chi connectivity index (χ0n) is 12.7. The maximum absolute atomic E-state index is 6.04. The molecule has 108 valence electrons. The second-order valence-corrected chi connectivity index (χ2v) is 5.63. The summed E-state index contributed by atoms with van der Waals surface area (Å²) >= 11 is 0. The second-order valence-electron chi connectivity index (χ2n) is 5.63. The van der Waals surface area contributed by atoms with E-state index < -0.39 is 0 Å². The van der Waals surface area contributed by atoms with Gasteiger partial charge in [-0.15, -0.1) is 0 Å². The Morgan fingerprint density at radius 1 is 1.10 bits per heavy atom. The summed E-state index contributed by atoms with van der Waals surface area (Å²) in [6, 6.07) is 12.0. The number of methoxy groups -OCH3 is 1. The molecule has 20 heavy (non-hydrogen) atoms. The Morgan fingerprint density at radius 3 is 2.40 bits per heavy atom. The van der Waals surface area contributed by atoms with Crippen molar-refractivity contribution in [1.29, 1.82) is 0 Å². The Labute approximate surface area is 121 Å². The molecule has 1 heterocycles. The minimum absolute atomic E-state index is 0.0354. The van der Waals surface area contributed by atoms with Crippen molar-refractivity contribution in [3.8, 4) is 17.1 Å². The van der Waals surface area contributed by atoms with E-state index >= 15 is 0 Å². The van der Waals surface area contributed by atoms with E-state index in [9.17, 15) is 0 Å². The zero-order valence-corrected chi connectivity index (χ0v) is 12.7. The molecule has 0 spiro atoms. The van der Waals surface area contributed by atoms with Crippen molar-refractivity contribution in [3.05, 3.63) is 42.2 Å². The van der Waals surface area contributed by atoms with Gasteiger partial charge in [-0.3, -0.25) is 0 Å². The summed E-state index contributed by atoms with van der Waals surface area (Å²) in [5, 5.41) is 3.19. The minimum Gasteiger partial charge on any atom is -0.497 e. The third-order valence-electron chi connectivity index (χ3n) is 3.65. The second kappa shape index (κ2) is 6.14. The van der Waals surface area contributed by atoms with Crippen molar-refractivity contribution in [2.45, 2.75) is 25.7 Å². The Morgan fingerprint density at radius 2 is 1.80 bits per heavy atom. The summed E-state index contributed by atoms with van der Waals surface area (Å²) in [5.41, 5.74) is 1.11. The number of rotatable bonds is 6. The molecule has 0 bridgehead atoms. The highest BCUT2D eigenvalue weighted by atomic mass is 16.5. The van der Waals surface area contributed by atoms with Crippen molar-refractivity contribution in [1.82, 2.24) is 5.32 Å². The van der Waals surface area contributed by atoms with Crippen molar-refractivity contribution in [2.75, 3.05) is 20.7 Å². The smallest absolute Gasteiger partial charge is 0.134 e. The van der Waals surface area contributed by atoms with E-state index in [0.29, 0.717) is 0 Å². The number of benzene rings is 1. The van der Waals surface area contributed by atoms with Gasteiger partial charge < -0.3 is 14.5 Å². The van der Waals surface area contributed by atoms with E-state index in [2.05, 4.69) is 25.2 Å². The lowest BCUT2D eigenvalue weighted by Gasteiger charge is -2.21. The molecule has 0 aliphatic carbocycles. The summed E-state index contributed by atoms with van der Waals surface area (Å²) < 4.78 is 11.2. The summed E-state index contributed by atoms with van der Waals surface area (Å²) in [5.74, 6) is 2.79. The molecule has 0 unspecified atom stereocenters. The molecule has 3 heteroatoms. The van der Waals surface area contributed by atoms with Crippen molar-refractivity contribution in [3.63, 3.8) is 0 Å². The number of hydrogen-bond acceptors (Lipinski definition) is 3. The third kappa shape index (κ3) is 3.23. The number of furan rings is 1. The van der Waals surface area contributed by atoms with Crippen molar-refractivity contribution >= 4 is 0 Å². The zero-order chi connectivity index (χ0) is 14.6. The monoisotopic (exact) mass is 273 g/mol. The lowest BCUT2D eigenvalue weighted by atomic mass is 9.86. The van der Waals surface area contributed by atoms with Gasteiger partial charge in [-0.25, -0.2) is 0 Å². The van der Waals surface area contributed by atoms with Gasteiger partial charge in [0, 0.05) is 11.0 Å². The average molecular weight is 273 g/mol. The van der Waals surface area contributed by atoms with Crippen molar-refractivity contribution in [2.24, 2.45) is 0 Å². The van der Waals surface area contributed by atoms with Crippen LogP contribution in [-0.2, 0) is 5.41 Å². The van der Waals surface area contributed by atoms with Crippen LogP contribution in [0.25, 0.3) is 11.3 Å². The van der Waals surface area contributed by atoms with Crippen LogP contribution in [-0.4, -0.2) is 20.7 Å². The molecule has 2 aromatic rings. The van der Waals surface area contributed by atoms with Crippen LogP contribution in [0.4, 0.5) is 0 Å². The molecular weight excluding hydrogens is 250 g/mol. The van der Waals surface area contributed by atoms with Gasteiger partial charge >= 0.3 is 0 Å². The summed E-state index contributed by atoms with van der Waals surface area (Å²) in [6.07, 6.45) is 1.04. The molecule has 1 N–H and O–H groups in total. The summed E-state index contributed by atoms with van der Waals surface area (Å²) in [4.78, 5) is 0. The molecule has 0 saturated carbocycles. The SMILES string of the molecule is CNCCC(C)(C)c1ccc(-c2ccc(OC)cc2)o1. The lowest BCUT2D eigenvalue weighted by molar-refractivity contribution is 0.366. The van der Waals surface area contributed by atoms with E-state index in [1.807, 2.05) is 37.4 Å². The fourth-order valence-electron chi connectivity index (χ4n) is 2.17. The van der Waals surface area contributed by atoms with Crippen LogP contribution < -0.4 is 10.1 Å². The van der Waals surface area contributed by atoms with Crippen molar-refractivity contribution < 1.29 is 9.15 Å². The molecular formula is C17H23NO2.